The summed E-state index contributed by atoms with van der Waals surface area (Å²) in [5.74, 6) is 0.615. The molecular formula is C12H16FNOS. The van der Waals surface area contributed by atoms with Crippen LogP contribution in [0.1, 0.15) is 25.5 Å². The molecular weight excluding hydrogens is 225 g/mol. The van der Waals surface area contributed by atoms with Crippen LogP contribution in [0.15, 0.2) is 23.1 Å². The van der Waals surface area contributed by atoms with Gasteiger partial charge in [0.2, 0.25) is 0 Å². The molecule has 0 bridgehead atoms. The van der Waals surface area contributed by atoms with Crippen LogP contribution in [0.3, 0.4) is 0 Å². The van der Waals surface area contributed by atoms with E-state index >= 15 is 0 Å². The number of fused-ring (bicyclic) bond motifs is 1. The van der Waals surface area contributed by atoms with Crippen LogP contribution in [0.2, 0.25) is 0 Å². The first-order chi connectivity index (χ1) is 7.63. The van der Waals surface area contributed by atoms with Gasteiger partial charge in [-0.25, -0.2) is 4.39 Å². The van der Waals surface area contributed by atoms with E-state index in [1.165, 1.54) is 12.1 Å². The third-order valence-electron chi connectivity index (χ3n) is 2.96. The fourth-order valence-corrected chi connectivity index (χ4v) is 3.78. The molecule has 1 heterocycles. The first kappa shape index (κ1) is 11.7. The van der Waals surface area contributed by atoms with Crippen LogP contribution in [-0.4, -0.2) is 16.5 Å². The van der Waals surface area contributed by atoms with Gasteiger partial charge in [0, 0.05) is 16.7 Å². The summed E-state index contributed by atoms with van der Waals surface area (Å²) in [4.78, 5) is 0.657. The van der Waals surface area contributed by atoms with E-state index in [0.29, 0.717) is 16.6 Å². The lowest BCUT2D eigenvalue weighted by atomic mass is 9.95. The molecule has 0 aromatic heterocycles. The van der Waals surface area contributed by atoms with E-state index in [0.717, 1.165) is 12.1 Å². The van der Waals surface area contributed by atoms with Gasteiger partial charge in [-0.1, -0.05) is 19.9 Å². The molecule has 0 saturated carbocycles. The Kier molecular flexibility index (Phi) is 3.40. The average molecular weight is 241 g/mol. The summed E-state index contributed by atoms with van der Waals surface area (Å²) < 4.78 is 25.0. The lowest BCUT2D eigenvalue weighted by Crippen LogP contribution is -2.34. The van der Waals surface area contributed by atoms with Crippen LogP contribution < -0.4 is 5.32 Å². The van der Waals surface area contributed by atoms with Gasteiger partial charge in [0.1, 0.15) is 5.82 Å². The van der Waals surface area contributed by atoms with Gasteiger partial charge in [-0.15, -0.1) is 0 Å². The van der Waals surface area contributed by atoms with Gasteiger partial charge in [-0.05, 0) is 30.2 Å². The maximum absolute atomic E-state index is 13.1. The Labute approximate surface area is 97.7 Å². The number of halogens is 1. The van der Waals surface area contributed by atoms with Crippen molar-refractivity contribution >= 4 is 10.8 Å². The molecule has 4 heteroatoms. The average Bonchev–Trinajstić information content (AvgIpc) is 2.24. The van der Waals surface area contributed by atoms with E-state index in [1.807, 2.05) is 6.92 Å². The van der Waals surface area contributed by atoms with Crippen molar-refractivity contribution in [1.29, 1.82) is 0 Å². The van der Waals surface area contributed by atoms with Gasteiger partial charge in [-0.2, -0.15) is 0 Å². The maximum Gasteiger partial charge on any atom is 0.124 e. The Morgan fingerprint density at radius 3 is 3.00 bits per heavy atom. The highest BCUT2D eigenvalue weighted by Crippen LogP contribution is 2.34. The molecule has 1 aliphatic heterocycles. The van der Waals surface area contributed by atoms with Crippen molar-refractivity contribution in [2.24, 2.45) is 5.92 Å². The molecule has 0 aliphatic carbocycles. The lowest BCUT2D eigenvalue weighted by Gasteiger charge is -2.31. The van der Waals surface area contributed by atoms with Crippen LogP contribution in [0.4, 0.5) is 4.39 Å². The normalized spacial score (nSPS) is 28.8. The Hall–Kier alpha value is -0.740. The first-order valence-corrected chi connectivity index (χ1v) is 6.86. The smallest absolute Gasteiger partial charge is 0.124 e. The van der Waals surface area contributed by atoms with E-state index in [-0.39, 0.29) is 11.9 Å². The lowest BCUT2D eigenvalue weighted by molar-refractivity contribution is 0.410. The number of hydrogen-bond acceptors (Lipinski definition) is 2. The van der Waals surface area contributed by atoms with Crippen molar-refractivity contribution in [2.75, 3.05) is 12.3 Å². The highest BCUT2D eigenvalue weighted by atomic mass is 32.2. The largest absolute Gasteiger partial charge is 0.310 e. The maximum atomic E-state index is 13.1. The third-order valence-corrected chi connectivity index (χ3v) is 4.64. The van der Waals surface area contributed by atoms with Gasteiger partial charge in [-0.3, -0.25) is 4.21 Å². The topological polar surface area (TPSA) is 29.1 Å². The van der Waals surface area contributed by atoms with Gasteiger partial charge in [0.25, 0.3) is 0 Å². The van der Waals surface area contributed by atoms with Crippen molar-refractivity contribution in [3.05, 3.63) is 29.6 Å². The molecule has 1 aliphatic rings. The van der Waals surface area contributed by atoms with Crippen molar-refractivity contribution in [2.45, 2.75) is 24.8 Å². The highest BCUT2D eigenvalue weighted by molar-refractivity contribution is 7.85. The molecule has 2 rings (SSSR count). The molecule has 1 aromatic rings. The second-order valence-corrected chi connectivity index (χ2v) is 5.67. The van der Waals surface area contributed by atoms with E-state index < -0.39 is 10.8 Å². The van der Waals surface area contributed by atoms with E-state index in [1.54, 1.807) is 6.07 Å². The Balaban J connectivity index is 2.46. The van der Waals surface area contributed by atoms with Crippen molar-refractivity contribution < 1.29 is 8.60 Å². The van der Waals surface area contributed by atoms with Gasteiger partial charge in [0.15, 0.2) is 0 Å². The third kappa shape index (κ3) is 2.04. The van der Waals surface area contributed by atoms with E-state index in [9.17, 15) is 8.60 Å². The summed E-state index contributed by atoms with van der Waals surface area (Å²) in [6, 6.07) is 4.80. The summed E-state index contributed by atoms with van der Waals surface area (Å²) >= 11 is 0. The van der Waals surface area contributed by atoms with Crippen LogP contribution in [0.5, 0.6) is 0 Å². The van der Waals surface area contributed by atoms with Gasteiger partial charge in [0.05, 0.1) is 10.8 Å². The minimum atomic E-state index is -1.06. The second kappa shape index (κ2) is 4.63. The SMILES string of the molecule is CCNC1c2ccc(F)cc2S(=O)CC1C. The standard InChI is InChI=1S/C12H16FNOS/c1-3-14-12-8(2)7-16(15)11-6-9(13)4-5-10(11)12/h4-6,8,12,14H,3,7H2,1-2H3. The summed E-state index contributed by atoms with van der Waals surface area (Å²) in [5.41, 5.74) is 0.986. The molecule has 0 amide bonds. The summed E-state index contributed by atoms with van der Waals surface area (Å²) in [7, 11) is -1.06. The Bertz CT molecular complexity index is 421. The molecule has 3 unspecified atom stereocenters. The predicted octanol–water partition coefficient (Wildman–Crippen LogP) is 2.23. The second-order valence-electron chi connectivity index (χ2n) is 4.21. The number of rotatable bonds is 2. The number of nitrogens with one attached hydrogen (secondary N) is 1. The quantitative estimate of drug-likeness (QED) is 0.860. The zero-order valence-electron chi connectivity index (χ0n) is 9.50. The number of benzene rings is 1. The summed E-state index contributed by atoms with van der Waals surface area (Å²) in [5, 5.41) is 3.37. The molecule has 16 heavy (non-hydrogen) atoms. The molecule has 0 radical (unpaired) electrons. The predicted molar refractivity (Wildman–Crippen MR) is 63.3 cm³/mol. The summed E-state index contributed by atoms with van der Waals surface area (Å²) in [6.45, 7) is 4.98. The monoisotopic (exact) mass is 241 g/mol. The first-order valence-electron chi connectivity index (χ1n) is 5.54. The van der Waals surface area contributed by atoms with Crippen molar-refractivity contribution in [3.8, 4) is 0 Å². The minimum absolute atomic E-state index is 0.193. The molecule has 1 N–H and O–H groups in total. The molecule has 88 valence electrons. The molecule has 3 atom stereocenters. The van der Waals surface area contributed by atoms with Crippen LogP contribution in [0.25, 0.3) is 0 Å². The van der Waals surface area contributed by atoms with Crippen LogP contribution >= 0.6 is 0 Å². The zero-order valence-corrected chi connectivity index (χ0v) is 10.3. The van der Waals surface area contributed by atoms with E-state index in [4.69, 9.17) is 0 Å². The fraction of sp³-hybridized carbons (Fsp3) is 0.500. The Morgan fingerprint density at radius 2 is 2.31 bits per heavy atom. The van der Waals surface area contributed by atoms with Gasteiger partial charge >= 0.3 is 0 Å². The molecule has 0 saturated heterocycles. The molecule has 2 nitrogen and oxygen atoms in total. The van der Waals surface area contributed by atoms with Crippen molar-refractivity contribution in [3.63, 3.8) is 0 Å². The van der Waals surface area contributed by atoms with Crippen LogP contribution in [0, 0.1) is 11.7 Å². The minimum Gasteiger partial charge on any atom is -0.310 e. The summed E-state index contributed by atoms with van der Waals surface area (Å²) in [6.07, 6.45) is 0. The zero-order chi connectivity index (χ0) is 11.7. The molecule has 0 fully saturated rings. The fourth-order valence-electron chi connectivity index (χ4n) is 2.22. The molecule has 1 aromatic carbocycles. The van der Waals surface area contributed by atoms with E-state index in [2.05, 4.69) is 12.2 Å². The van der Waals surface area contributed by atoms with Crippen molar-refractivity contribution in [1.82, 2.24) is 5.32 Å². The van der Waals surface area contributed by atoms with Crippen LogP contribution in [-0.2, 0) is 10.8 Å². The number of hydrogen-bond donors (Lipinski definition) is 1. The highest BCUT2D eigenvalue weighted by Gasteiger charge is 2.30. The Morgan fingerprint density at radius 1 is 1.56 bits per heavy atom. The molecule has 0 spiro atoms. The van der Waals surface area contributed by atoms with Gasteiger partial charge < -0.3 is 5.32 Å².